The van der Waals surface area contributed by atoms with Crippen LogP contribution >= 0.6 is 24.0 Å². The molecule has 2 unspecified atom stereocenters. The average Bonchev–Trinajstić information content (AvgIpc) is 3.25. The van der Waals surface area contributed by atoms with Gasteiger partial charge in [0.05, 0.1) is 6.10 Å². The third kappa shape index (κ3) is 6.60. The molecule has 5 heteroatoms. The molecule has 4 nitrogen and oxygen atoms in total. The van der Waals surface area contributed by atoms with Crippen molar-refractivity contribution in [3.05, 3.63) is 0 Å². The Labute approximate surface area is 153 Å². The van der Waals surface area contributed by atoms with Crippen LogP contribution in [0.4, 0.5) is 0 Å². The molecule has 0 aromatic rings. The van der Waals surface area contributed by atoms with Crippen LogP contribution < -0.4 is 10.6 Å². The fraction of sp³-hybridized carbons (Fsp3) is 0.941. The van der Waals surface area contributed by atoms with E-state index in [1.807, 2.05) is 0 Å². The highest BCUT2D eigenvalue weighted by Gasteiger charge is 2.35. The molecule has 1 saturated carbocycles. The predicted octanol–water partition coefficient (Wildman–Crippen LogP) is 3.41. The van der Waals surface area contributed by atoms with Gasteiger partial charge in [-0.2, -0.15) is 0 Å². The summed E-state index contributed by atoms with van der Waals surface area (Å²) in [7, 11) is 0. The van der Waals surface area contributed by atoms with Gasteiger partial charge in [-0.05, 0) is 43.9 Å². The fourth-order valence-corrected chi connectivity index (χ4v) is 3.10. The van der Waals surface area contributed by atoms with E-state index in [0.29, 0.717) is 12.0 Å². The summed E-state index contributed by atoms with van der Waals surface area (Å²) in [5.41, 5.74) is 0.205. The van der Waals surface area contributed by atoms with Crippen LogP contribution in [-0.4, -0.2) is 38.3 Å². The highest BCUT2D eigenvalue weighted by molar-refractivity contribution is 14.0. The maximum Gasteiger partial charge on any atom is 0.191 e. The van der Waals surface area contributed by atoms with Gasteiger partial charge in [-0.1, -0.05) is 20.8 Å². The van der Waals surface area contributed by atoms with Gasteiger partial charge < -0.3 is 15.4 Å². The second kappa shape index (κ2) is 9.30. The molecule has 0 bridgehead atoms. The quantitative estimate of drug-likeness (QED) is 0.405. The Bertz CT molecular complexity index is 350. The van der Waals surface area contributed by atoms with Gasteiger partial charge in [-0.25, -0.2) is 0 Å². The number of hydrogen-bond acceptors (Lipinski definition) is 2. The lowest BCUT2D eigenvalue weighted by molar-refractivity contribution is -0.0835. The predicted molar refractivity (Wildman–Crippen MR) is 104 cm³/mol. The minimum atomic E-state index is 0. The number of nitrogens with zero attached hydrogens (tertiary/aromatic N) is 1. The lowest BCUT2D eigenvalue weighted by atomic mass is 9.78. The lowest BCUT2D eigenvalue weighted by Gasteiger charge is -2.40. The van der Waals surface area contributed by atoms with Gasteiger partial charge in [0.25, 0.3) is 0 Å². The summed E-state index contributed by atoms with van der Waals surface area (Å²) in [6.45, 7) is 12.7. The first-order valence-electron chi connectivity index (χ1n) is 8.64. The number of aliphatic imine (C=N–C) groups is 1. The maximum atomic E-state index is 6.06. The third-order valence-electron chi connectivity index (χ3n) is 4.38. The summed E-state index contributed by atoms with van der Waals surface area (Å²) in [6, 6.07) is 0. The molecule has 1 heterocycles. The molecule has 0 aromatic heterocycles. The van der Waals surface area contributed by atoms with E-state index in [9.17, 15) is 0 Å². The second-order valence-corrected chi connectivity index (χ2v) is 7.60. The van der Waals surface area contributed by atoms with Crippen LogP contribution in [0.2, 0.25) is 0 Å². The molecule has 2 aliphatic rings. The lowest BCUT2D eigenvalue weighted by Crippen LogP contribution is -2.47. The van der Waals surface area contributed by atoms with Crippen LogP contribution in [0.3, 0.4) is 0 Å². The summed E-state index contributed by atoms with van der Waals surface area (Å²) in [5, 5.41) is 6.89. The van der Waals surface area contributed by atoms with Gasteiger partial charge in [-0.15, -0.1) is 24.0 Å². The number of rotatable bonds is 5. The summed E-state index contributed by atoms with van der Waals surface area (Å²) >= 11 is 0. The van der Waals surface area contributed by atoms with E-state index in [4.69, 9.17) is 9.73 Å². The van der Waals surface area contributed by atoms with E-state index in [0.717, 1.165) is 38.1 Å². The van der Waals surface area contributed by atoms with Crippen molar-refractivity contribution >= 4 is 29.9 Å². The van der Waals surface area contributed by atoms with Crippen LogP contribution in [0.15, 0.2) is 4.99 Å². The highest BCUT2D eigenvalue weighted by Crippen LogP contribution is 2.33. The van der Waals surface area contributed by atoms with Gasteiger partial charge in [0.2, 0.25) is 0 Å². The summed E-state index contributed by atoms with van der Waals surface area (Å²) in [4.78, 5) is 4.70. The molecule has 0 amide bonds. The molecule has 22 heavy (non-hydrogen) atoms. The zero-order chi connectivity index (χ0) is 15.3. The van der Waals surface area contributed by atoms with Crippen molar-refractivity contribution in [2.75, 3.05) is 26.2 Å². The molecular weight excluding hydrogens is 389 g/mol. The van der Waals surface area contributed by atoms with E-state index in [1.54, 1.807) is 0 Å². The first-order valence-corrected chi connectivity index (χ1v) is 8.64. The summed E-state index contributed by atoms with van der Waals surface area (Å²) in [6.07, 6.45) is 5.47. The summed E-state index contributed by atoms with van der Waals surface area (Å²) < 4.78 is 6.06. The Morgan fingerprint density at radius 2 is 1.91 bits per heavy atom. The molecule has 2 fully saturated rings. The molecule has 0 radical (unpaired) electrons. The van der Waals surface area contributed by atoms with Crippen molar-refractivity contribution < 1.29 is 4.74 Å². The Morgan fingerprint density at radius 1 is 1.18 bits per heavy atom. The molecular formula is C17H34IN3O. The number of ether oxygens (including phenoxy) is 1. The Balaban J connectivity index is 0.00000242. The standard InChI is InChI=1S/C17H33N3O.HI/c1-5-18-16(19-11-13-8-9-13)20-12-14-7-6-10-21-15(14)17(2,3)4;/h13-15H,5-12H2,1-4H3,(H2,18,19,20);1H. The second-order valence-electron chi connectivity index (χ2n) is 7.60. The largest absolute Gasteiger partial charge is 0.377 e. The van der Waals surface area contributed by atoms with Crippen molar-refractivity contribution in [1.29, 1.82) is 0 Å². The van der Waals surface area contributed by atoms with E-state index in [2.05, 4.69) is 38.3 Å². The molecule has 0 spiro atoms. The SMILES string of the molecule is CCNC(=NCC1CC1)NCC1CCCOC1C(C)(C)C.I. The van der Waals surface area contributed by atoms with E-state index >= 15 is 0 Å². The van der Waals surface area contributed by atoms with E-state index in [-0.39, 0.29) is 29.4 Å². The monoisotopic (exact) mass is 423 g/mol. The van der Waals surface area contributed by atoms with Crippen molar-refractivity contribution in [2.45, 2.75) is 59.5 Å². The number of nitrogens with one attached hydrogen (secondary N) is 2. The molecule has 0 aromatic carbocycles. The highest BCUT2D eigenvalue weighted by atomic mass is 127. The topological polar surface area (TPSA) is 45.7 Å². The van der Waals surface area contributed by atoms with Gasteiger partial charge in [0.1, 0.15) is 0 Å². The number of guanidine groups is 1. The molecule has 130 valence electrons. The molecule has 1 aliphatic carbocycles. The van der Waals surface area contributed by atoms with Crippen LogP contribution in [0.1, 0.15) is 53.4 Å². The Hall–Kier alpha value is -0.0400. The molecule has 2 atom stereocenters. The average molecular weight is 423 g/mol. The van der Waals surface area contributed by atoms with E-state index < -0.39 is 0 Å². The number of hydrogen-bond donors (Lipinski definition) is 2. The van der Waals surface area contributed by atoms with Gasteiger partial charge in [-0.3, -0.25) is 4.99 Å². The van der Waals surface area contributed by atoms with Crippen molar-refractivity contribution in [3.63, 3.8) is 0 Å². The van der Waals surface area contributed by atoms with Crippen LogP contribution in [0.25, 0.3) is 0 Å². The third-order valence-corrected chi connectivity index (χ3v) is 4.38. The summed E-state index contributed by atoms with van der Waals surface area (Å²) in [5.74, 6) is 2.38. The molecule has 2 N–H and O–H groups in total. The fourth-order valence-electron chi connectivity index (χ4n) is 3.10. The van der Waals surface area contributed by atoms with Gasteiger partial charge in [0, 0.05) is 32.2 Å². The minimum absolute atomic E-state index is 0. The first kappa shape index (κ1) is 20.0. The first-order chi connectivity index (χ1) is 10.0. The normalized spacial score (nSPS) is 26.3. The number of halogens is 1. The van der Waals surface area contributed by atoms with E-state index in [1.165, 1.54) is 25.7 Å². The molecule has 2 rings (SSSR count). The Morgan fingerprint density at radius 3 is 2.50 bits per heavy atom. The van der Waals surface area contributed by atoms with Crippen LogP contribution in [0.5, 0.6) is 0 Å². The van der Waals surface area contributed by atoms with Crippen LogP contribution in [0, 0.1) is 17.3 Å². The minimum Gasteiger partial charge on any atom is -0.377 e. The van der Waals surface area contributed by atoms with Crippen LogP contribution in [-0.2, 0) is 4.74 Å². The smallest absolute Gasteiger partial charge is 0.191 e. The Kier molecular flexibility index (Phi) is 8.46. The zero-order valence-electron chi connectivity index (χ0n) is 14.7. The molecule has 1 aliphatic heterocycles. The van der Waals surface area contributed by atoms with Crippen molar-refractivity contribution in [3.8, 4) is 0 Å². The molecule has 1 saturated heterocycles. The van der Waals surface area contributed by atoms with Crippen molar-refractivity contribution in [1.82, 2.24) is 10.6 Å². The van der Waals surface area contributed by atoms with Crippen molar-refractivity contribution in [2.24, 2.45) is 22.2 Å². The zero-order valence-corrected chi connectivity index (χ0v) is 17.0. The maximum absolute atomic E-state index is 6.06. The van der Waals surface area contributed by atoms with Gasteiger partial charge in [0.15, 0.2) is 5.96 Å². The van der Waals surface area contributed by atoms with Gasteiger partial charge >= 0.3 is 0 Å².